The van der Waals surface area contributed by atoms with E-state index in [0.717, 1.165) is 11.2 Å². The van der Waals surface area contributed by atoms with Gasteiger partial charge in [0.1, 0.15) is 5.52 Å². The second-order valence-corrected chi connectivity index (χ2v) is 2.88. The number of aromatic nitrogens is 4. The van der Waals surface area contributed by atoms with Crippen molar-refractivity contribution in [1.29, 1.82) is 0 Å². The molecule has 0 bridgehead atoms. The molecule has 62 valence electrons. The summed E-state index contributed by atoms with van der Waals surface area (Å²) in [6, 6.07) is 0. The monoisotopic (exact) mass is 181 g/mol. The fourth-order valence-electron chi connectivity index (χ4n) is 1.09. The predicted molar refractivity (Wildman–Crippen MR) is 48.2 cm³/mol. The van der Waals surface area contributed by atoms with Crippen LogP contribution < -0.4 is 5.73 Å². The molecule has 0 spiro atoms. The summed E-state index contributed by atoms with van der Waals surface area (Å²) < 4.78 is 0.535. The molecule has 12 heavy (non-hydrogen) atoms. The van der Waals surface area contributed by atoms with Gasteiger partial charge in [-0.3, -0.25) is 0 Å². The summed E-state index contributed by atoms with van der Waals surface area (Å²) >= 11 is 4.90. The van der Waals surface area contributed by atoms with E-state index in [0.29, 0.717) is 10.4 Å². The molecular formula is C6H7N5S. The predicted octanol–water partition coefficient (Wildman–Crippen LogP) is 0.906. The third-order valence-electron chi connectivity index (χ3n) is 1.58. The average Bonchev–Trinajstić information content (AvgIpc) is 2.29. The van der Waals surface area contributed by atoms with Gasteiger partial charge >= 0.3 is 0 Å². The number of anilines is 1. The molecule has 0 saturated heterocycles. The minimum absolute atomic E-state index is 0.255. The van der Waals surface area contributed by atoms with Gasteiger partial charge in [-0.15, -0.1) is 0 Å². The third kappa shape index (κ3) is 0.964. The highest BCUT2D eigenvalue weighted by molar-refractivity contribution is 7.71. The van der Waals surface area contributed by atoms with Crippen molar-refractivity contribution in [1.82, 2.24) is 19.9 Å². The van der Waals surface area contributed by atoms with E-state index >= 15 is 0 Å². The summed E-state index contributed by atoms with van der Waals surface area (Å²) in [5, 5.41) is 0. The van der Waals surface area contributed by atoms with Gasteiger partial charge in [-0.2, -0.15) is 4.98 Å². The van der Waals surface area contributed by atoms with E-state index in [2.05, 4.69) is 19.9 Å². The summed E-state index contributed by atoms with van der Waals surface area (Å²) in [5.41, 5.74) is 7.71. The Morgan fingerprint density at radius 1 is 1.33 bits per heavy atom. The largest absolute Gasteiger partial charge is 0.368 e. The van der Waals surface area contributed by atoms with Gasteiger partial charge < -0.3 is 15.7 Å². The van der Waals surface area contributed by atoms with Crippen molar-refractivity contribution in [2.24, 2.45) is 0 Å². The fraction of sp³-hybridized carbons (Fsp3) is 0.167. The minimum Gasteiger partial charge on any atom is -0.368 e. The number of nitrogens with two attached hydrogens (primary N) is 1. The maximum atomic E-state index is 5.44. The quantitative estimate of drug-likeness (QED) is 0.527. The first-order valence-corrected chi connectivity index (χ1v) is 3.80. The summed E-state index contributed by atoms with van der Waals surface area (Å²) in [6.07, 6.45) is 0. The maximum Gasteiger partial charge on any atom is 0.222 e. The molecule has 0 fully saturated rings. The van der Waals surface area contributed by atoms with Crippen molar-refractivity contribution in [3.05, 3.63) is 10.5 Å². The summed E-state index contributed by atoms with van der Waals surface area (Å²) in [5.74, 6) is 0.255. The van der Waals surface area contributed by atoms with Crippen LogP contribution in [0.4, 0.5) is 5.95 Å². The standard InChI is InChI=1S/C6H7N5S/c1-2-3-4(10-5(7)8-2)11-6(12)9-3/h1H3,(H4,7,8,9,10,11,12). The van der Waals surface area contributed by atoms with Crippen LogP contribution in [0.15, 0.2) is 0 Å². The molecule has 6 heteroatoms. The second kappa shape index (κ2) is 2.28. The number of nitrogens with one attached hydrogen (secondary N) is 2. The zero-order chi connectivity index (χ0) is 8.72. The van der Waals surface area contributed by atoms with Gasteiger partial charge in [-0.25, -0.2) is 4.98 Å². The summed E-state index contributed by atoms with van der Waals surface area (Å²) in [6.45, 7) is 1.85. The lowest BCUT2D eigenvalue weighted by Gasteiger charge is -1.94. The minimum atomic E-state index is 0.255. The molecule has 5 nitrogen and oxygen atoms in total. The molecule has 0 aliphatic heterocycles. The van der Waals surface area contributed by atoms with E-state index in [4.69, 9.17) is 18.0 Å². The molecule has 2 aromatic heterocycles. The number of H-pyrrole nitrogens is 2. The molecule has 4 N–H and O–H groups in total. The van der Waals surface area contributed by atoms with Gasteiger partial charge in [0.25, 0.3) is 0 Å². The van der Waals surface area contributed by atoms with Crippen LogP contribution in [0, 0.1) is 11.7 Å². The van der Waals surface area contributed by atoms with E-state index < -0.39 is 0 Å². The highest BCUT2D eigenvalue weighted by Gasteiger charge is 2.03. The van der Waals surface area contributed by atoms with E-state index in [9.17, 15) is 0 Å². The summed E-state index contributed by atoms with van der Waals surface area (Å²) in [4.78, 5) is 13.8. The molecule has 0 aliphatic carbocycles. The van der Waals surface area contributed by atoms with E-state index in [1.165, 1.54) is 0 Å². The van der Waals surface area contributed by atoms with Gasteiger partial charge in [0.05, 0.1) is 5.69 Å². The van der Waals surface area contributed by atoms with Crippen LogP contribution in [0.25, 0.3) is 11.2 Å². The number of rotatable bonds is 0. The number of fused-ring (bicyclic) bond motifs is 1. The third-order valence-corrected chi connectivity index (χ3v) is 1.78. The van der Waals surface area contributed by atoms with Crippen LogP contribution in [0.5, 0.6) is 0 Å². The molecule has 2 heterocycles. The Kier molecular flexibility index (Phi) is 1.37. The first-order chi connectivity index (χ1) is 5.66. The van der Waals surface area contributed by atoms with Crippen molar-refractivity contribution in [3.63, 3.8) is 0 Å². The Hall–Kier alpha value is -1.43. The van der Waals surface area contributed by atoms with Crippen LogP contribution >= 0.6 is 12.2 Å². The van der Waals surface area contributed by atoms with Crippen LogP contribution in [-0.4, -0.2) is 19.9 Å². The molecular weight excluding hydrogens is 174 g/mol. The van der Waals surface area contributed by atoms with Crippen molar-refractivity contribution in [3.8, 4) is 0 Å². The molecule has 0 aromatic carbocycles. The molecule has 0 radical (unpaired) electrons. The molecule has 0 atom stereocenters. The zero-order valence-electron chi connectivity index (χ0n) is 6.38. The highest BCUT2D eigenvalue weighted by Crippen LogP contribution is 2.11. The number of imidazole rings is 1. The van der Waals surface area contributed by atoms with Gasteiger partial charge in [0, 0.05) is 0 Å². The van der Waals surface area contributed by atoms with Gasteiger partial charge in [0.2, 0.25) is 5.95 Å². The number of hydrogen-bond donors (Lipinski definition) is 3. The Labute approximate surface area is 73.0 Å². The van der Waals surface area contributed by atoms with Crippen LogP contribution in [0.1, 0.15) is 5.69 Å². The number of nitrogens with zero attached hydrogens (tertiary/aromatic N) is 2. The Morgan fingerprint density at radius 3 is 2.83 bits per heavy atom. The van der Waals surface area contributed by atoms with Gasteiger partial charge in [0.15, 0.2) is 10.4 Å². The highest BCUT2D eigenvalue weighted by atomic mass is 32.1. The van der Waals surface area contributed by atoms with Gasteiger partial charge in [-0.1, -0.05) is 0 Å². The number of hydrogen-bond acceptors (Lipinski definition) is 4. The van der Waals surface area contributed by atoms with Crippen molar-refractivity contribution in [2.75, 3.05) is 5.73 Å². The number of aryl methyl sites for hydroxylation is 1. The SMILES string of the molecule is Cc1nc(N)nc2[nH]c(=S)[nH]c12. The molecule has 0 amide bonds. The summed E-state index contributed by atoms with van der Waals surface area (Å²) in [7, 11) is 0. The maximum absolute atomic E-state index is 5.44. The molecule has 0 aliphatic rings. The normalized spacial score (nSPS) is 10.8. The lowest BCUT2D eigenvalue weighted by atomic mass is 10.4. The lowest BCUT2D eigenvalue weighted by molar-refractivity contribution is 1.15. The van der Waals surface area contributed by atoms with Crippen LogP contribution in [0.2, 0.25) is 0 Å². The number of aromatic amines is 2. The Morgan fingerprint density at radius 2 is 2.08 bits per heavy atom. The average molecular weight is 181 g/mol. The fourth-order valence-corrected chi connectivity index (χ4v) is 1.29. The van der Waals surface area contributed by atoms with E-state index in [1.807, 2.05) is 6.92 Å². The van der Waals surface area contributed by atoms with Crippen molar-refractivity contribution < 1.29 is 0 Å². The lowest BCUT2D eigenvalue weighted by Crippen LogP contribution is -1.96. The first-order valence-electron chi connectivity index (χ1n) is 3.39. The molecule has 0 saturated carbocycles. The Bertz CT molecular complexity index is 482. The first kappa shape index (κ1) is 7.23. The molecule has 2 rings (SSSR count). The van der Waals surface area contributed by atoms with Crippen LogP contribution in [-0.2, 0) is 0 Å². The Balaban J connectivity index is 2.97. The van der Waals surface area contributed by atoms with E-state index in [-0.39, 0.29) is 5.95 Å². The smallest absolute Gasteiger partial charge is 0.222 e. The van der Waals surface area contributed by atoms with Crippen LogP contribution in [0.3, 0.4) is 0 Å². The van der Waals surface area contributed by atoms with Gasteiger partial charge in [-0.05, 0) is 19.1 Å². The molecule has 2 aromatic rings. The van der Waals surface area contributed by atoms with Crippen molar-refractivity contribution >= 4 is 29.3 Å². The van der Waals surface area contributed by atoms with Crippen molar-refractivity contribution in [2.45, 2.75) is 6.92 Å². The zero-order valence-corrected chi connectivity index (χ0v) is 7.20. The molecule has 0 unspecified atom stereocenters. The topological polar surface area (TPSA) is 83.4 Å². The number of nitrogen functional groups attached to an aromatic ring is 1. The second-order valence-electron chi connectivity index (χ2n) is 2.47. The van der Waals surface area contributed by atoms with E-state index in [1.54, 1.807) is 0 Å².